The monoisotopic (exact) mass is 556 g/mol. The Morgan fingerprint density at radius 3 is 2.62 bits per heavy atom. The lowest BCUT2D eigenvalue weighted by atomic mass is 9.88. The Labute approximate surface area is 228 Å². The number of aromatic nitrogens is 2. The fourth-order valence-corrected chi connectivity index (χ4v) is 4.45. The van der Waals surface area contributed by atoms with Crippen LogP contribution in [0.4, 0.5) is 46.4 Å². The molecule has 3 aromatic rings. The first-order chi connectivity index (χ1) is 19.1. The topological polar surface area (TPSA) is 99.2 Å². The number of alkyl halides is 4. The molecule has 3 N–H and O–H groups in total. The molecule has 1 aliphatic heterocycles. The normalized spacial score (nSPS) is 15.5. The standard InChI is InChI=1S/C28H28F4N6O2/c1-3-24(39)34-20-5-4-6-21(15-20)35-26-22(28(30,31)32)16-33-27(37-26)36-23-8-7-18(13-17(23)2)19-9-11-38(12-10-29)25(40)14-19/h3-8,13,15-16,19H,1,9-12,14H2,2H3,(H,34,39)(H2,33,35,36,37). The maximum absolute atomic E-state index is 13.7. The van der Waals surface area contributed by atoms with E-state index in [0.717, 1.165) is 17.2 Å². The number of piperidine rings is 1. The third-order valence-corrected chi connectivity index (χ3v) is 6.52. The molecule has 1 aromatic heterocycles. The van der Waals surface area contributed by atoms with Crippen LogP contribution in [0.5, 0.6) is 0 Å². The summed E-state index contributed by atoms with van der Waals surface area (Å²) < 4.78 is 53.8. The fourth-order valence-electron chi connectivity index (χ4n) is 4.45. The molecule has 0 aliphatic carbocycles. The Bertz CT molecular complexity index is 1410. The molecule has 1 unspecified atom stereocenters. The summed E-state index contributed by atoms with van der Waals surface area (Å²) in [7, 11) is 0. The summed E-state index contributed by atoms with van der Waals surface area (Å²) in [6.45, 7) is 5.23. The summed E-state index contributed by atoms with van der Waals surface area (Å²) in [6.07, 6.45) is -1.93. The summed E-state index contributed by atoms with van der Waals surface area (Å²) in [6, 6.07) is 11.7. The molecule has 2 amide bonds. The molecule has 1 atom stereocenters. The smallest absolute Gasteiger partial charge is 0.340 e. The lowest BCUT2D eigenvalue weighted by molar-refractivity contribution is -0.137. The molecular formula is C28H28F4N6O2. The van der Waals surface area contributed by atoms with Gasteiger partial charge >= 0.3 is 6.18 Å². The average Bonchev–Trinajstić information content (AvgIpc) is 2.90. The highest BCUT2D eigenvalue weighted by Gasteiger charge is 2.35. The van der Waals surface area contributed by atoms with Crippen molar-refractivity contribution in [2.75, 3.05) is 35.7 Å². The van der Waals surface area contributed by atoms with Crippen molar-refractivity contribution < 1.29 is 27.2 Å². The minimum atomic E-state index is -4.72. The Hall–Kier alpha value is -4.48. The minimum Gasteiger partial charge on any atom is -0.340 e. The molecule has 12 heteroatoms. The number of benzene rings is 2. The molecule has 1 fully saturated rings. The van der Waals surface area contributed by atoms with Crippen LogP contribution in [0, 0.1) is 6.92 Å². The average molecular weight is 557 g/mol. The van der Waals surface area contributed by atoms with Gasteiger partial charge in [-0.2, -0.15) is 18.2 Å². The van der Waals surface area contributed by atoms with E-state index in [2.05, 4.69) is 32.5 Å². The SMILES string of the molecule is C=CC(=O)Nc1cccc(Nc2nc(Nc3ccc(C4CCN(CCF)C(=O)C4)cc3C)ncc2C(F)(F)F)c1. The number of aryl methyl sites for hydroxylation is 1. The van der Waals surface area contributed by atoms with E-state index in [4.69, 9.17) is 0 Å². The molecular weight excluding hydrogens is 528 g/mol. The van der Waals surface area contributed by atoms with Gasteiger partial charge in [0.1, 0.15) is 18.1 Å². The van der Waals surface area contributed by atoms with Crippen LogP contribution in [-0.2, 0) is 15.8 Å². The molecule has 0 radical (unpaired) electrons. The van der Waals surface area contributed by atoms with Crippen LogP contribution < -0.4 is 16.0 Å². The molecule has 4 rings (SSSR count). The van der Waals surface area contributed by atoms with Crippen molar-refractivity contribution in [1.29, 1.82) is 0 Å². The van der Waals surface area contributed by atoms with E-state index in [-0.39, 0.29) is 30.0 Å². The highest BCUT2D eigenvalue weighted by molar-refractivity contribution is 5.99. The van der Waals surface area contributed by atoms with Crippen LogP contribution in [0.25, 0.3) is 0 Å². The maximum Gasteiger partial charge on any atom is 0.421 e. The lowest BCUT2D eigenvalue weighted by Crippen LogP contribution is -2.39. The second kappa shape index (κ2) is 12.1. The Morgan fingerprint density at radius 1 is 1.18 bits per heavy atom. The zero-order valence-electron chi connectivity index (χ0n) is 21.7. The summed E-state index contributed by atoms with van der Waals surface area (Å²) in [5, 5.41) is 8.19. The number of carbonyl (C=O) groups is 2. The van der Waals surface area contributed by atoms with Crippen LogP contribution in [-0.4, -0.2) is 46.4 Å². The summed E-state index contributed by atoms with van der Waals surface area (Å²) in [5.74, 6) is -1.07. The van der Waals surface area contributed by atoms with Crippen molar-refractivity contribution in [2.45, 2.75) is 31.9 Å². The van der Waals surface area contributed by atoms with Gasteiger partial charge in [-0.25, -0.2) is 9.37 Å². The van der Waals surface area contributed by atoms with Crippen LogP contribution in [0.3, 0.4) is 0 Å². The van der Waals surface area contributed by atoms with Crippen LogP contribution >= 0.6 is 0 Å². The number of anilines is 5. The van der Waals surface area contributed by atoms with Gasteiger partial charge in [-0.3, -0.25) is 9.59 Å². The molecule has 0 bridgehead atoms. The van der Waals surface area contributed by atoms with Crippen molar-refractivity contribution in [1.82, 2.24) is 14.9 Å². The van der Waals surface area contributed by atoms with Gasteiger partial charge < -0.3 is 20.9 Å². The van der Waals surface area contributed by atoms with E-state index in [1.54, 1.807) is 18.2 Å². The first-order valence-electron chi connectivity index (χ1n) is 12.5. The van der Waals surface area contributed by atoms with E-state index >= 15 is 0 Å². The Morgan fingerprint density at radius 2 is 1.95 bits per heavy atom. The largest absolute Gasteiger partial charge is 0.421 e. The zero-order valence-corrected chi connectivity index (χ0v) is 21.7. The predicted molar refractivity (Wildman–Crippen MR) is 145 cm³/mol. The number of nitrogens with one attached hydrogen (secondary N) is 3. The first-order valence-corrected chi connectivity index (χ1v) is 12.5. The van der Waals surface area contributed by atoms with Crippen molar-refractivity contribution in [3.05, 3.63) is 78.0 Å². The molecule has 40 heavy (non-hydrogen) atoms. The minimum absolute atomic E-state index is 0.00117. The Kier molecular flexibility index (Phi) is 8.66. The van der Waals surface area contributed by atoms with Crippen LogP contribution in [0.2, 0.25) is 0 Å². The highest BCUT2D eigenvalue weighted by Crippen LogP contribution is 2.36. The molecule has 8 nitrogen and oxygen atoms in total. The molecule has 0 spiro atoms. The van der Waals surface area contributed by atoms with Crippen molar-refractivity contribution in [3.63, 3.8) is 0 Å². The first kappa shape index (κ1) is 28.5. The summed E-state index contributed by atoms with van der Waals surface area (Å²) in [5.41, 5.74) is 1.90. The van der Waals surface area contributed by atoms with Crippen molar-refractivity contribution in [2.24, 2.45) is 0 Å². The number of rotatable bonds is 9. The molecule has 1 saturated heterocycles. The van der Waals surface area contributed by atoms with Gasteiger partial charge in [0.2, 0.25) is 17.8 Å². The molecule has 2 heterocycles. The third kappa shape index (κ3) is 6.93. The van der Waals surface area contributed by atoms with Crippen molar-refractivity contribution >= 4 is 40.6 Å². The number of carbonyl (C=O) groups excluding carboxylic acids is 2. The summed E-state index contributed by atoms with van der Waals surface area (Å²) in [4.78, 5) is 33.4. The van der Waals surface area contributed by atoms with Gasteiger partial charge in [-0.05, 0) is 60.7 Å². The van der Waals surface area contributed by atoms with E-state index in [1.165, 1.54) is 17.0 Å². The van der Waals surface area contributed by atoms with Gasteiger partial charge in [0.15, 0.2) is 0 Å². The number of amides is 2. The van der Waals surface area contributed by atoms with E-state index < -0.39 is 30.1 Å². The van der Waals surface area contributed by atoms with Gasteiger partial charge in [0.05, 0.1) is 0 Å². The number of halogens is 4. The highest BCUT2D eigenvalue weighted by atomic mass is 19.4. The fraction of sp³-hybridized carbons (Fsp3) is 0.286. The number of likely N-dealkylation sites (tertiary alicyclic amines) is 1. The van der Waals surface area contributed by atoms with Crippen LogP contribution in [0.1, 0.15) is 35.4 Å². The zero-order chi connectivity index (χ0) is 28.9. The molecule has 0 saturated carbocycles. The number of nitrogens with zero attached hydrogens (tertiary/aromatic N) is 3. The maximum atomic E-state index is 13.7. The third-order valence-electron chi connectivity index (χ3n) is 6.52. The van der Waals surface area contributed by atoms with Gasteiger partial charge in [0.25, 0.3) is 0 Å². The van der Waals surface area contributed by atoms with E-state index in [9.17, 15) is 27.2 Å². The Balaban J connectivity index is 1.54. The molecule has 2 aromatic carbocycles. The van der Waals surface area contributed by atoms with Gasteiger partial charge in [0, 0.05) is 42.8 Å². The van der Waals surface area contributed by atoms with E-state index in [1.807, 2.05) is 19.1 Å². The predicted octanol–water partition coefficient (Wildman–Crippen LogP) is 6.09. The van der Waals surface area contributed by atoms with Gasteiger partial charge in [-0.15, -0.1) is 0 Å². The van der Waals surface area contributed by atoms with Crippen LogP contribution in [0.15, 0.2) is 61.3 Å². The van der Waals surface area contributed by atoms with E-state index in [0.29, 0.717) is 37.0 Å². The molecule has 1 aliphatic rings. The number of hydrogen-bond acceptors (Lipinski definition) is 6. The quantitative estimate of drug-likeness (QED) is 0.218. The second-order valence-corrected chi connectivity index (χ2v) is 9.31. The summed E-state index contributed by atoms with van der Waals surface area (Å²) >= 11 is 0. The molecule has 210 valence electrons. The number of hydrogen-bond donors (Lipinski definition) is 3. The lowest BCUT2D eigenvalue weighted by Gasteiger charge is -2.31. The second-order valence-electron chi connectivity index (χ2n) is 9.31. The van der Waals surface area contributed by atoms with Gasteiger partial charge in [-0.1, -0.05) is 24.8 Å². The van der Waals surface area contributed by atoms with Crippen molar-refractivity contribution in [3.8, 4) is 0 Å².